The van der Waals surface area contributed by atoms with Crippen LogP contribution < -0.4 is 10.1 Å². The topological polar surface area (TPSA) is 75.6 Å². The van der Waals surface area contributed by atoms with Gasteiger partial charge < -0.3 is 15.2 Å². The Labute approximate surface area is 166 Å². The molecule has 4 aliphatic rings. The lowest BCUT2D eigenvalue weighted by atomic mass is 9.48. The number of aliphatic carboxylic acids is 1. The quantitative estimate of drug-likeness (QED) is 0.749. The van der Waals surface area contributed by atoms with Gasteiger partial charge >= 0.3 is 5.97 Å². The first-order chi connectivity index (χ1) is 13.3. The fourth-order valence-electron chi connectivity index (χ4n) is 6.25. The Morgan fingerprint density at radius 3 is 2.07 bits per heavy atom. The van der Waals surface area contributed by atoms with E-state index in [2.05, 4.69) is 17.4 Å². The summed E-state index contributed by atoms with van der Waals surface area (Å²) in [6.07, 6.45) is 8.28. The molecule has 152 valence electrons. The molecule has 0 heterocycles. The first-order valence-corrected chi connectivity index (χ1v) is 10.6. The van der Waals surface area contributed by atoms with Gasteiger partial charge in [-0.25, -0.2) is 4.79 Å². The van der Waals surface area contributed by atoms with Crippen LogP contribution in [0.5, 0.6) is 5.75 Å². The summed E-state index contributed by atoms with van der Waals surface area (Å²) < 4.78 is 5.60. The molecule has 4 aliphatic carbocycles. The zero-order valence-corrected chi connectivity index (χ0v) is 16.8. The van der Waals surface area contributed by atoms with Crippen LogP contribution in [0.25, 0.3) is 0 Å². The van der Waals surface area contributed by atoms with Crippen molar-refractivity contribution in [3.63, 3.8) is 0 Å². The number of amides is 1. The summed E-state index contributed by atoms with van der Waals surface area (Å²) >= 11 is 0. The average Bonchev–Trinajstić information content (AvgIpc) is 2.63. The van der Waals surface area contributed by atoms with Crippen LogP contribution in [0.15, 0.2) is 24.3 Å². The van der Waals surface area contributed by atoms with E-state index in [1.807, 2.05) is 12.1 Å². The fourth-order valence-corrected chi connectivity index (χ4v) is 6.25. The zero-order chi connectivity index (χ0) is 19.9. The van der Waals surface area contributed by atoms with Gasteiger partial charge in [-0.3, -0.25) is 4.79 Å². The van der Waals surface area contributed by atoms with E-state index in [4.69, 9.17) is 9.84 Å². The van der Waals surface area contributed by atoms with E-state index in [0.717, 1.165) is 17.8 Å². The van der Waals surface area contributed by atoms with Crippen molar-refractivity contribution < 1.29 is 19.4 Å². The largest absolute Gasteiger partial charge is 0.484 e. The van der Waals surface area contributed by atoms with Crippen LogP contribution in [0, 0.1) is 23.7 Å². The molecule has 1 aromatic rings. The molecule has 1 aromatic carbocycles. The Hall–Kier alpha value is -2.04. The number of ether oxygens (including phenoxy) is 1. The third kappa shape index (κ3) is 3.76. The van der Waals surface area contributed by atoms with Crippen LogP contribution in [0.3, 0.4) is 0 Å². The molecule has 5 nitrogen and oxygen atoms in total. The van der Waals surface area contributed by atoms with Gasteiger partial charge in [-0.1, -0.05) is 26.0 Å². The molecular formula is C23H31NO4. The second-order valence-corrected chi connectivity index (χ2v) is 9.64. The monoisotopic (exact) mass is 385 g/mol. The predicted molar refractivity (Wildman–Crippen MR) is 106 cm³/mol. The van der Waals surface area contributed by atoms with Gasteiger partial charge in [0.15, 0.2) is 6.61 Å². The highest BCUT2D eigenvalue weighted by molar-refractivity contribution is 5.84. The zero-order valence-electron chi connectivity index (χ0n) is 16.8. The highest BCUT2D eigenvalue weighted by Crippen LogP contribution is 2.60. The van der Waals surface area contributed by atoms with Crippen molar-refractivity contribution in [2.45, 2.75) is 63.8 Å². The van der Waals surface area contributed by atoms with E-state index in [0.29, 0.717) is 11.2 Å². The maximum absolute atomic E-state index is 12.0. The molecule has 2 N–H and O–H groups in total. The average molecular weight is 386 g/mol. The van der Waals surface area contributed by atoms with Crippen LogP contribution in [0.1, 0.15) is 57.9 Å². The van der Waals surface area contributed by atoms with E-state index >= 15 is 0 Å². The Morgan fingerprint density at radius 1 is 1.07 bits per heavy atom. The van der Waals surface area contributed by atoms with E-state index in [9.17, 15) is 9.59 Å². The lowest BCUT2D eigenvalue weighted by Crippen LogP contribution is -2.48. The molecule has 0 unspecified atom stereocenters. The number of nitrogens with one attached hydrogen (secondary N) is 1. The molecule has 0 saturated heterocycles. The molecule has 5 rings (SSSR count). The minimum Gasteiger partial charge on any atom is -0.484 e. The van der Waals surface area contributed by atoms with Crippen molar-refractivity contribution in [3.8, 4) is 5.75 Å². The van der Waals surface area contributed by atoms with Crippen molar-refractivity contribution in [1.29, 1.82) is 0 Å². The maximum Gasteiger partial charge on any atom is 0.326 e. The molecule has 1 atom stereocenters. The summed E-state index contributed by atoms with van der Waals surface area (Å²) in [6, 6.07) is 7.37. The molecule has 0 radical (unpaired) electrons. The third-order valence-electron chi connectivity index (χ3n) is 7.12. The summed E-state index contributed by atoms with van der Waals surface area (Å²) in [5, 5.41) is 11.7. The summed E-state index contributed by atoms with van der Waals surface area (Å²) in [5.41, 5.74) is 1.78. The number of hydrogen-bond acceptors (Lipinski definition) is 3. The Balaban J connectivity index is 1.35. The van der Waals surface area contributed by atoms with Crippen LogP contribution in [-0.4, -0.2) is 29.6 Å². The first-order valence-electron chi connectivity index (χ1n) is 10.6. The van der Waals surface area contributed by atoms with Gasteiger partial charge in [0.25, 0.3) is 5.91 Å². The van der Waals surface area contributed by atoms with Gasteiger partial charge in [0.1, 0.15) is 11.8 Å². The van der Waals surface area contributed by atoms with Crippen molar-refractivity contribution in [1.82, 2.24) is 5.32 Å². The van der Waals surface area contributed by atoms with Crippen molar-refractivity contribution in [3.05, 3.63) is 29.8 Å². The molecule has 0 aliphatic heterocycles. The highest BCUT2D eigenvalue weighted by Gasteiger charge is 2.51. The van der Waals surface area contributed by atoms with Crippen LogP contribution in [0.4, 0.5) is 0 Å². The molecule has 28 heavy (non-hydrogen) atoms. The number of carboxylic acid groups (broad SMARTS) is 1. The summed E-state index contributed by atoms with van der Waals surface area (Å²) in [5.74, 6) is 1.77. The van der Waals surface area contributed by atoms with E-state index in [1.165, 1.54) is 44.1 Å². The summed E-state index contributed by atoms with van der Waals surface area (Å²) in [4.78, 5) is 23.2. The lowest BCUT2D eigenvalue weighted by molar-refractivity contribution is -0.143. The molecule has 0 aromatic heterocycles. The van der Waals surface area contributed by atoms with Gasteiger partial charge in [0.05, 0.1) is 0 Å². The van der Waals surface area contributed by atoms with Gasteiger partial charge in [-0.15, -0.1) is 0 Å². The molecule has 1 amide bonds. The number of carbonyl (C=O) groups excluding carboxylic acids is 1. The molecule has 5 heteroatoms. The molecular weight excluding hydrogens is 354 g/mol. The minimum absolute atomic E-state index is 0.173. The van der Waals surface area contributed by atoms with E-state index in [1.54, 1.807) is 13.8 Å². The Kier molecular flexibility index (Phi) is 5.11. The molecule has 4 fully saturated rings. The van der Waals surface area contributed by atoms with Crippen molar-refractivity contribution >= 4 is 11.9 Å². The van der Waals surface area contributed by atoms with Crippen molar-refractivity contribution in [2.24, 2.45) is 23.7 Å². The number of benzene rings is 1. The van der Waals surface area contributed by atoms with Gasteiger partial charge in [-0.2, -0.15) is 0 Å². The second-order valence-electron chi connectivity index (χ2n) is 9.64. The van der Waals surface area contributed by atoms with Gasteiger partial charge in [-0.05, 0) is 85.3 Å². The lowest BCUT2D eigenvalue weighted by Gasteiger charge is -2.57. The normalized spacial score (nSPS) is 31.6. The predicted octanol–water partition coefficient (Wildman–Crippen LogP) is 3.76. The Bertz CT molecular complexity index is 704. The molecule has 4 saturated carbocycles. The molecule has 0 spiro atoms. The highest BCUT2D eigenvalue weighted by atomic mass is 16.5. The maximum atomic E-state index is 12.0. The van der Waals surface area contributed by atoms with Crippen LogP contribution in [0.2, 0.25) is 0 Å². The van der Waals surface area contributed by atoms with Crippen molar-refractivity contribution in [2.75, 3.05) is 6.61 Å². The van der Waals surface area contributed by atoms with E-state index in [-0.39, 0.29) is 12.5 Å². The summed E-state index contributed by atoms with van der Waals surface area (Å²) in [6.45, 7) is 3.36. The van der Waals surface area contributed by atoms with E-state index < -0.39 is 17.9 Å². The summed E-state index contributed by atoms with van der Waals surface area (Å²) in [7, 11) is 0. The van der Waals surface area contributed by atoms with Gasteiger partial charge in [0.2, 0.25) is 0 Å². The second kappa shape index (κ2) is 7.41. The Morgan fingerprint density at radius 2 is 1.61 bits per heavy atom. The smallest absolute Gasteiger partial charge is 0.326 e. The number of rotatable bonds is 7. The third-order valence-corrected chi connectivity index (χ3v) is 7.12. The van der Waals surface area contributed by atoms with Crippen LogP contribution in [-0.2, 0) is 15.0 Å². The standard InChI is InChI=1S/C23H31NO4/c1-14(2)21(22(26)27)24-20(25)13-28-19-5-3-18(4-6-19)23-10-15-7-16(11-23)9-17(8-15)12-23/h3-6,14-17,21H,7-13H2,1-2H3,(H,24,25)(H,26,27)/t15?,16?,17?,21-,23?/m0/s1. The minimum atomic E-state index is -1.02. The SMILES string of the molecule is CC(C)[C@H](NC(=O)COc1ccc(C23CC4CC(CC(C4)C2)C3)cc1)C(=O)O. The van der Waals surface area contributed by atoms with Crippen LogP contribution >= 0.6 is 0 Å². The first kappa shape index (κ1) is 19.3. The number of carbonyl (C=O) groups is 2. The fraction of sp³-hybridized carbons (Fsp3) is 0.652. The number of carboxylic acids is 1. The number of hydrogen-bond donors (Lipinski definition) is 2. The van der Waals surface area contributed by atoms with Gasteiger partial charge in [0, 0.05) is 0 Å². The molecule has 4 bridgehead atoms.